The minimum absolute atomic E-state index is 0.173. The summed E-state index contributed by atoms with van der Waals surface area (Å²) in [6, 6.07) is 10.7. The highest BCUT2D eigenvalue weighted by molar-refractivity contribution is 5.92. The average molecular weight is 370 g/mol. The van der Waals surface area contributed by atoms with Crippen LogP contribution in [-0.4, -0.2) is 45.9 Å². The van der Waals surface area contributed by atoms with Crippen LogP contribution in [0.15, 0.2) is 53.3 Å². The fraction of sp³-hybridized carbons (Fsp3) is 0.316. The fourth-order valence-corrected chi connectivity index (χ4v) is 2.55. The van der Waals surface area contributed by atoms with Gasteiger partial charge in [-0.1, -0.05) is 11.2 Å². The molecule has 0 bridgehead atoms. The minimum atomic E-state index is -0.180. The summed E-state index contributed by atoms with van der Waals surface area (Å²) >= 11 is 0. The van der Waals surface area contributed by atoms with Gasteiger partial charge in [0, 0.05) is 37.6 Å². The first-order valence-electron chi connectivity index (χ1n) is 8.68. The van der Waals surface area contributed by atoms with Crippen LogP contribution in [0.1, 0.15) is 23.2 Å². The van der Waals surface area contributed by atoms with Crippen LogP contribution in [-0.2, 0) is 13.2 Å². The van der Waals surface area contributed by atoms with E-state index >= 15 is 0 Å². The zero-order valence-electron chi connectivity index (χ0n) is 15.4. The molecule has 0 N–H and O–H groups in total. The highest BCUT2D eigenvalue weighted by Gasteiger charge is 2.19. The number of carbonyl (C=O) groups is 1. The number of hydrogen-bond acceptors (Lipinski definition) is 6. The maximum atomic E-state index is 12.6. The van der Waals surface area contributed by atoms with Gasteiger partial charge in [-0.3, -0.25) is 9.48 Å². The number of methoxy groups -OCH3 is 1. The molecule has 3 rings (SSSR count). The number of ether oxygens (including phenoxy) is 2. The zero-order valence-corrected chi connectivity index (χ0v) is 15.4. The lowest BCUT2D eigenvalue weighted by Gasteiger charge is -2.19. The molecule has 2 aromatic heterocycles. The monoisotopic (exact) mass is 370 g/mol. The van der Waals surface area contributed by atoms with E-state index in [2.05, 4.69) is 10.3 Å². The van der Waals surface area contributed by atoms with Gasteiger partial charge in [0.1, 0.15) is 18.1 Å². The Kier molecular flexibility index (Phi) is 6.09. The van der Waals surface area contributed by atoms with Crippen molar-refractivity contribution in [3.63, 3.8) is 0 Å². The number of nitrogens with zero attached hydrogens (tertiary/aromatic N) is 4. The van der Waals surface area contributed by atoms with E-state index < -0.39 is 0 Å². The molecule has 0 fully saturated rings. The van der Waals surface area contributed by atoms with Gasteiger partial charge in [-0.15, -0.1) is 0 Å². The van der Waals surface area contributed by atoms with Crippen molar-refractivity contribution in [3.8, 4) is 11.5 Å². The van der Waals surface area contributed by atoms with Crippen LogP contribution in [0.4, 0.5) is 0 Å². The van der Waals surface area contributed by atoms with Crippen molar-refractivity contribution < 1.29 is 18.8 Å². The van der Waals surface area contributed by atoms with E-state index in [0.717, 1.165) is 0 Å². The average Bonchev–Trinajstić information content (AvgIpc) is 3.39. The van der Waals surface area contributed by atoms with Crippen LogP contribution in [0.2, 0.25) is 0 Å². The summed E-state index contributed by atoms with van der Waals surface area (Å²) in [6.45, 7) is 3.83. The third-order valence-corrected chi connectivity index (χ3v) is 4.03. The largest absolute Gasteiger partial charge is 0.497 e. The van der Waals surface area contributed by atoms with Crippen LogP contribution in [0.3, 0.4) is 0 Å². The molecule has 8 nitrogen and oxygen atoms in total. The van der Waals surface area contributed by atoms with E-state index in [-0.39, 0.29) is 18.2 Å². The maximum Gasteiger partial charge on any atom is 0.276 e. The minimum Gasteiger partial charge on any atom is -0.497 e. The van der Waals surface area contributed by atoms with Crippen molar-refractivity contribution in [2.75, 3.05) is 20.2 Å². The third kappa shape index (κ3) is 4.87. The summed E-state index contributed by atoms with van der Waals surface area (Å²) in [5.41, 5.74) is 0.265. The topological polar surface area (TPSA) is 82.6 Å². The van der Waals surface area contributed by atoms with Gasteiger partial charge in [-0.2, -0.15) is 5.10 Å². The summed E-state index contributed by atoms with van der Waals surface area (Å²) in [5, 5.41) is 8.03. The molecule has 1 amide bonds. The van der Waals surface area contributed by atoms with Crippen molar-refractivity contribution >= 4 is 5.91 Å². The fourth-order valence-electron chi connectivity index (χ4n) is 2.55. The molecule has 142 valence electrons. The van der Waals surface area contributed by atoms with E-state index in [1.165, 1.54) is 0 Å². The molecule has 0 atom stereocenters. The van der Waals surface area contributed by atoms with Gasteiger partial charge in [-0.05, 0) is 25.1 Å². The van der Waals surface area contributed by atoms with E-state index in [4.69, 9.17) is 14.0 Å². The molecule has 27 heavy (non-hydrogen) atoms. The Bertz CT molecular complexity index is 860. The Morgan fingerprint density at radius 3 is 2.85 bits per heavy atom. The van der Waals surface area contributed by atoms with Crippen LogP contribution in [0.25, 0.3) is 0 Å². The molecule has 0 aliphatic heterocycles. The van der Waals surface area contributed by atoms with Gasteiger partial charge < -0.3 is 18.9 Å². The highest BCUT2D eigenvalue weighted by atomic mass is 16.5. The van der Waals surface area contributed by atoms with Crippen molar-refractivity contribution in [1.82, 2.24) is 19.8 Å². The van der Waals surface area contributed by atoms with E-state index in [1.807, 2.05) is 37.4 Å². The first-order valence-corrected chi connectivity index (χ1v) is 8.68. The number of rotatable bonds is 9. The number of carbonyl (C=O) groups excluding carboxylic acids is 1. The molecule has 1 aromatic carbocycles. The lowest BCUT2D eigenvalue weighted by atomic mass is 10.3. The van der Waals surface area contributed by atoms with Crippen molar-refractivity contribution in [2.24, 2.45) is 0 Å². The first-order chi connectivity index (χ1) is 13.2. The molecule has 0 saturated heterocycles. The number of aromatic nitrogens is 3. The second-order valence-corrected chi connectivity index (χ2v) is 5.80. The normalized spacial score (nSPS) is 10.6. The lowest BCUT2D eigenvalue weighted by molar-refractivity contribution is 0.0746. The predicted octanol–water partition coefficient (Wildman–Crippen LogP) is 2.62. The number of hydrogen-bond donors (Lipinski definition) is 0. The SMILES string of the molecule is CCN(CCn1cccn1)C(=O)c1cc(COc2cccc(OC)c2)on1. The van der Waals surface area contributed by atoms with Crippen LogP contribution in [0, 0.1) is 0 Å². The molecular formula is C19H22N4O4. The second kappa shape index (κ2) is 8.88. The molecular weight excluding hydrogens is 348 g/mol. The van der Waals surface area contributed by atoms with E-state index in [1.54, 1.807) is 35.0 Å². The Balaban J connectivity index is 1.57. The highest BCUT2D eigenvalue weighted by Crippen LogP contribution is 2.20. The zero-order chi connectivity index (χ0) is 19.1. The molecule has 0 radical (unpaired) electrons. The standard InChI is InChI=1S/C19H22N4O4/c1-3-22(10-11-23-9-5-8-20-23)19(24)18-13-17(27-21-18)14-26-16-7-4-6-15(12-16)25-2/h4-9,12-13H,3,10-11,14H2,1-2H3. The molecule has 2 heterocycles. The lowest BCUT2D eigenvalue weighted by Crippen LogP contribution is -2.34. The summed E-state index contributed by atoms with van der Waals surface area (Å²) in [4.78, 5) is 14.3. The molecule has 0 unspecified atom stereocenters. The summed E-state index contributed by atoms with van der Waals surface area (Å²) in [7, 11) is 1.60. The van der Waals surface area contributed by atoms with Crippen molar-refractivity contribution in [3.05, 3.63) is 60.2 Å². The quantitative estimate of drug-likeness (QED) is 0.576. The van der Waals surface area contributed by atoms with Crippen molar-refractivity contribution in [1.29, 1.82) is 0 Å². The number of amides is 1. The van der Waals surface area contributed by atoms with E-state index in [9.17, 15) is 4.79 Å². The molecule has 8 heteroatoms. The smallest absolute Gasteiger partial charge is 0.276 e. The molecule has 0 aliphatic carbocycles. The van der Waals surface area contributed by atoms with Gasteiger partial charge in [-0.25, -0.2) is 0 Å². The van der Waals surface area contributed by atoms with Gasteiger partial charge >= 0.3 is 0 Å². The van der Waals surface area contributed by atoms with Gasteiger partial charge in [0.25, 0.3) is 5.91 Å². The van der Waals surface area contributed by atoms with Gasteiger partial charge in [0.2, 0.25) is 0 Å². The van der Waals surface area contributed by atoms with Crippen LogP contribution < -0.4 is 9.47 Å². The first kappa shape index (κ1) is 18.5. The Morgan fingerprint density at radius 2 is 2.11 bits per heavy atom. The molecule has 0 aliphatic rings. The molecule has 3 aromatic rings. The number of benzene rings is 1. The van der Waals surface area contributed by atoms with Gasteiger partial charge in [0.05, 0.1) is 13.7 Å². The summed E-state index contributed by atoms with van der Waals surface area (Å²) in [5.74, 6) is 1.65. The molecule has 0 spiro atoms. The Morgan fingerprint density at radius 1 is 1.26 bits per heavy atom. The Hall–Kier alpha value is -3.29. The molecule has 0 saturated carbocycles. The van der Waals surface area contributed by atoms with Crippen molar-refractivity contribution in [2.45, 2.75) is 20.1 Å². The summed E-state index contributed by atoms with van der Waals surface area (Å²) in [6.07, 6.45) is 3.58. The van der Waals surface area contributed by atoms with E-state index in [0.29, 0.717) is 36.9 Å². The number of likely N-dealkylation sites (N-methyl/N-ethyl adjacent to an activating group) is 1. The Labute approximate surface area is 157 Å². The maximum absolute atomic E-state index is 12.6. The van der Waals surface area contributed by atoms with Crippen LogP contribution >= 0.6 is 0 Å². The third-order valence-electron chi connectivity index (χ3n) is 4.03. The second-order valence-electron chi connectivity index (χ2n) is 5.80. The predicted molar refractivity (Wildman–Crippen MR) is 97.6 cm³/mol. The van der Waals surface area contributed by atoms with Crippen LogP contribution in [0.5, 0.6) is 11.5 Å². The van der Waals surface area contributed by atoms with Gasteiger partial charge in [0.15, 0.2) is 11.5 Å². The summed E-state index contributed by atoms with van der Waals surface area (Å²) < 4.78 is 17.8.